The van der Waals surface area contributed by atoms with Gasteiger partial charge < -0.3 is 21.3 Å². The molecule has 4 N–H and O–H groups in total. The van der Waals surface area contributed by atoms with E-state index in [1.54, 1.807) is 7.05 Å². The lowest BCUT2D eigenvalue weighted by atomic mass is 10.2. The maximum atomic E-state index is 12.1. The Labute approximate surface area is 132 Å². The fraction of sp³-hybridized carbons (Fsp3) is 0.538. The van der Waals surface area contributed by atoms with Gasteiger partial charge in [-0.05, 0) is 6.92 Å². The van der Waals surface area contributed by atoms with E-state index in [0.717, 1.165) is 29.6 Å². The van der Waals surface area contributed by atoms with Gasteiger partial charge in [-0.3, -0.25) is 9.59 Å². The molecule has 1 fully saturated rings. The number of thiophene rings is 1. The second-order valence-electron chi connectivity index (χ2n) is 4.56. The first-order chi connectivity index (χ1) is 10.1. The molecule has 1 saturated heterocycles. The second kappa shape index (κ2) is 7.04. The van der Waals surface area contributed by atoms with Gasteiger partial charge in [-0.1, -0.05) is 0 Å². The topological polar surface area (TPSA) is 87.5 Å². The van der Waals surface area contributed by atoms with Gasteiger partial charge in [-0.25, -0.2) is 0 Å². The molecule has 1 aromatic rings. The van der Waals surface area contributed by atoms with Gasteiger partial charge in [-0.2, -0.15) is 11.8 Å². The molecule has 0 saturated carbocycles. The number of carbonyl (C=O) groups is 2. The highest BCUT2D eigenvalue weighted by atomic mass is 32.2. The van der Waals surface area contributed by atoms with Crippen LogP contribution in [0.1, 0.15) is 27.0 Å². The molecule has 21 heavy (non-hydrogen) atoms. The van der Waals surface area contributed by atoms with Crippen molar-refractivity contribution in [3.63, 3.8) is 0 Å². The Bertz CT molecular complexity index is 539. The fourth-order valence-corrected chi connectivity index (χ4v) is 4.26. The Morgan fingerprint density at radius 2 is 1.95 bits per heavy atom. The molecule has 0 aliphatic carbocycles. The monoisotopic (exact) mass is 328 g/mol. The van der Waals surface area contributed by atoms with Gasteiger partial charge >= 0.3 is 0 Å². The van der Waals surface area contributed by atoms with Crippen molar-refractivity contribution in [2.45, 2.75) is 6.92 Å². The number of hydrogen-bond acceptors (Lipinski definition) is 6. The average Bonchev–Trinajstić information content (AvgIpc) is 2.85. The van der Waals surface area contributed by atoms with Gasteiger partial charge in [0.25, 0.3) is 11.8 Å². The summed E-state index contributed by atoms with van der Waals surface area (Å²) in [6.45, 7) is 4.11. The zero-order chi connectivity index (χ0) is 15.4. The second-order valence-corrected chi connectivity index (χ2v) is 6.79. The summed E-state index contributed by atoms with van der Waals surface area (Å²) in [6.07, 6.45) is 0. The predicted octanol–water partition coefficient (Wildman–Crippen LogP) is 0.993. The van der Waals surface area contributed by atoms with Crippen LogP contribution in [0.5, 0.6) is 0 Å². The molecule has 0 atom stereocenters. The Morgan fingerprint density at radius 3 is 2.52 bits per heavy atom. The van der Waals surface area contributed by atoms with E-state index in [0.29, 0.717) is 17.0 Å². The molecule has 0 bridgehead atoms. The minimum Gasteiger partial charge on any atom is -0.397 e. The smallest absolute Gasteiger partial charge is 0.263 e. The third kappa shape index (κ3) is 3.26. The molecule has 0 aromatic carbocycles. The number of amides is 2. The zero-order valence-corrected chi connectivity index (χ0v) is 13.8. The molecule has 2 amide bonds. The van der Waals surface area contributed by atoms with Crippen molar-refractivity contribution in [1.82, 2.24) is 10.6 Å². The largest absolute Gasteiger partial charge is 0.397 e. The van der Waals surface area contributed by atoms with Crippen LogP contribution in [0.15, 0.2) is 0 Å². The molecule has 0 spiro atoms. The lowest BCUT2D eigenvalue weighted by Crippen LogP contribution is -2.33. The van der Waals surface area contributed by atoms with Crippen LogP contribution in [-0.4, -0.2) is 50.0 Å². The summed E-state index contributed by atoms with van der Waals surface area (Å²) in [5.74, 6) is 1.57. The van der Waals surface area contributed by atoms with Crippen molar-refractivity contribution < 1.29 is 9.59 Å². The number of rotatable bonds is 4. The molecule has 0 radical (unpaired) electrons. The highest BCUT2D eigenvalue weighted by molar-refractivity contribution is 7.99. The van der Waals surface area contributed by atoms with Crippen LogP contribution in [0.2, 0.25) is 0 Å². The lowest BCUT2D eigenvalue weighted by molar-refractivity contribution is 0.0959. The summed E-state index contributed by atoms with van der Waals surface area (Å²) < 4.78 is 0. The van der Waals surface area contributed by atoms with Crippen molar-refractivity contribution in [2.24, 2.45) is 0 Å². The van der Waals surface area contributed by atoms with Gasteiger partial charge in [0.05, 0.1) is 11.3 Å². The predicted molar refractivity (Wildman–Crippen MR) is 89.7 cm³/mol. The summed E-state index contributed by atoms with van der Waals surface area (Å²) in [6, 6.07) is 0. The van der Waals surface area contributed by atoms with E-state index in [9.17, 15) is 9.59 Å². The van der Waals surface area contributed by atoms with Gasteiger partial charge in [0.1, 0.15) is 9.88 Å². The number of nitrogen functional groups attached to an aromatic ring is 1. The van der Waals surface area contributed by atoms with Gasteiger partial charge in [0.2, 0.25) is 0 Å². The lowest BCUT2D eigenvalue weighted by Gasteiger charge is -2.27. The fourth-order valence-electron chi connectivity index (χ4n) is 2.17. The average molecular weight is 328 g/mol. The first kappa shape index (κ1) is 16.0. The first-order valence-electron chi connectivity index (χ1n) is 6.85. The molecule has 2 rings (SSSR count). The maximum absolute atomic E-state index is 12.1. The van der Waals surface area contributed by atoms with E-state index < -0.39 is 0 Å². The SMILES string of the molecule is CCNC(=O)c1sc(N2CCSCC2)c(C(=O)NC)c1N. The van der Waals surface area contributed by atoms with Crippen LogP contribution in [0, 0.1) is 0 Å². The van der Waals surface area contributed by atoms with Crippen molar-refractivity contribution in [3.8, 4) is 0 Å². The Balaban J connectivity index is 2.43. The Morgan fingerprint density at radius 1 is 1.29 bits per heavy atom. The summed E-state index contributed by atoms with van der Waals surface area (Å²) in [7, 11) is 1.57. The van der Waals surface area contributed by atoms with Crippen molar-refractivity contribution in [3.05, 3.63) is 10.4 Å². The normalized spacial score (nSPS) is 14.9. The molecule has 116 valence electrons. The number of nitrogens with two attached hydrogens (primary N) is 1. The Hall–Kier alpha value is -1.41. The first-order valence-corrected chi connectivity index (χ1v) is 8.82. The molecule has 1 aliphatic heterocycles. The van der Waals surface area contributed by atoms with Crippen molar-refractivity contribution >= 4 is 45.6 Å². The molecule has 6 nitrogen and oxygen atoms in total. The minimum atomic E-state index is -0.243. The van der Waals surface area contributed by atoms with Gasteiger partial charge in [0.15, 0.2) is 0 Å². The molecule has 1 aliphatic rings. The zero-order valence-electron chi connectivity index (χ0n) is 12.2. The Kier molecular flexibility index (Phi) is 5.35. The van der Waals surface area contributed by atoms with E-state index in [4.69, 9.17) is 5.73 Å². The highest BCUT2D eigenvalue weighted by Crippen LogP contribution is 2.39. The van der Waals surface area contributed by atoms with E-state index in [1.165, 1.54) is 11.3 Å². The van der Waals surface area contributed by atoms with E-state index >= 15 is 0 Å². The molecule has 1 aromatic heterocycles. The van der Waals surface area contributed by atoms with E-state index in [1.807, 2.05) is 18.7 Å². The number of hydrogen-bond donors (Lipinski definition) is 3. The summed E-state index contributed by atoms with van der Waals surface area (Å²) in [5.41, 5.74) is 6.78. The maximum Gasteiger partial charge on any atom is 0.263 e. The van der Waals surface area contributed by atoms with Crippen LogP contribution in [-0.2, 0) is 0 Å². The summed E-state index contributed by atoms with van der Waals surface area (Å²) >= 11 is 3.19. The molecular formula is C13H20N4O2S2. The number of anilines is 2. The van der Waals surface area contributed by atoms with Gasteiger partial charge in [0, 0.05) is 38.2 Å². The quantitative estimate of drug-likeness (QED) is 0.767. The van der Waals surface area contributed by atoms with E-state index in [2.05, 4.69) is 15.5 Å². The minimum absolute atomic E-state index is 0.220. The summed E-state index contributed by atoms with van der Waals surface area (Å²) in [4.78, 5) is 26.8. The molecule has 0 unspecified atom stereocenters. The number of thioether (sulfide) groups is 1. The third-order valence-corrected chi connectivity index (χ3v) is 5.43. The third-order valence-electron chi connectivity index (χ3n) is 3.22. The van der Waals surface area contributed by atoms with Crippen LogP contribution in [0.4, 0.5) is 10.7 Å². The summed E-state index contributed by atoms with van der Waals surface area (Å²) in [5, 5.41) is 6.15. The van der Waals surface area contributed by atoms with Crippen molar-refractivity contribution in [2.75, 3.05) is 48.8 Å². The van der Waals surface area contributed by atoms with Gasteiger partial charge in [-0.15, -0.1) is 11.3 Å². The van der Waals surface area contributed by atoms with Crippen LogP contribution >= 0.6 is 23.1 Å². The number of nitrogens with zero attached hydrogens (tertiary/aromatic N) is 1. The molecule has 2 heterocycles. The number of carbonyl (C=O) groups excluding carboxylic acids is 2. The van der Waals surface area contributed by atoms with E-state index in [-0.39, 0.29) is 17.5 Å². The van der Waals surface area contributed by atoms with Crippen LogP contribution < -0.4 is 21.3 Å². The standard InChI is InChI=1S/C13H20N4O2S2/c1-3-16-12(19)10-9(14)8(11(18)15-2)13(21-10)17-4-6-20-7-5-17/h3-7,14H2,1-2H3,(H,15,18)(H,16,19). The van der Waals surface area contributed by atoms with Crippen LogP contribution in [0.3, 0.4) is 0 Å². The van der Waals surface area contributed by atoms with Crippen LogP contribution in [0.25, 0.3) is 0 Å². The molecule has 8 heteroatoms. The molecular weight excluding hydrogens is 308 g/mol. The number of nitrogens with one attached hydrogen (secondary N) is 2. The highest BCUT2D eigenvalue weighted by Gasteiger charge is 2.28. The van der Waals surface area contributed by atoms with Crippen molar-refractivity contribution in [1.29, 1.82) is 0 Å².